The number of halogens is 1. The highest BCUT2D eigenvalue weighted by Gasteiger charge is 2.13. The van der Waals surface area contributed by atoms with Crippen molar-refractivity contribution < 1.29 is 4.74 Å². The smallest absolute Gasteiger partial charge is 0.219 e. The molecule has 0 spiro atoms. The van der Waals surface area contributed by atoms with Gasteiger partial charge in [-0.25, -0.2) is 4.98 Å². The molecule has 0 N–H and O–H groups in total. The number of rotatable bonds is 2. The van der Waals surface area contributed by atoms with E-state index in [0.717, 1.165) is 15.8 Å². The Morgan fingerprint density at radius 1 is 1.11 bits per heavy atom. The van der Waals surface area contributed by atoms with Crippen LogP contribution in [0.15, 0.2) is 41.0 Å². The van der Waals surface area contributed by atoms with Gasteiger partial charge in [-0.1, -0.05) is 42.8 Å². The second-order valence-electron chi connectivity index (χ2n) is 5.65. The Kier molecular flexibility index (Phi) is 3.95. The van der Waals surface area contributed by atoms with Crippen LogP contribution in [0.1, 0.15) is 31.9 Å². The Hall–Kier alpha value is -1.35. The molecule has 19 heavy (non-hydrogen) atoms. The lowest BCUT2D eigenvalue weighted by molar-refractivity contribution is 0.460. The third-order valence-electron chi connectivity index (χ3n) is 2.95. The van der Waals surface area contributed by atoms with Crippen molar-refractivity contribution >= 4 is 15.9 Å². The van der Waals surface area contributed by atoms with E-state index in [4.69, 9.17) is 4.74 Å². The van der Waals surface area contributed by atoms with Crippen LogP contribution in [0.5, 0.6) is 11.6 Å². The zero-order valence-corrected chi connectivity index (χ0v) is 13.3. The van der Waals surface area contributed by atoms with Gasteiger partial charge >= 0.3 is 0 Å². The molecule has 0 aliphatic rings. The summed E-state index contributed by atoms with van der Waals surface area (Å²) in [6.07, 6.45) is 1.88. The van der Waals surface area contributed by atoms with Crippen LogP contribution >= 0.6 is 15.9 Å². The van der Waals surface area contributed by atoms with Crippen molar-refractivity contribution in [3.8, 4) is 11.6 Å². The van der Waals surface area contributed by atoms with Crippen molar-refractivity contribution in [1.29, 1.82) is 0 Å². The Bertz CT molecular complexity index is 570. The number of nitrogens with zero attached hydrogens (tertiary/aromatic N) is 1. The first kappa shape index (κ1) is 14.1. The maximum Gasteiger partial charge on any atom is 0.219 e. The molecule has 2 aromatic rings. The highest BCUT2D eigenvalue weighted by molar-refractivity contribution is 9.10. The van der Waals surface area contributed by atoms with E-state index in [2.05, 4.69) is 47.8 Å². The summed E-state index contributed by atoms with van der Waals surface area (Å²) in [5.74, 6) is 1.42. The zero-order chi connectivity index (χ0) is 14.0. The lowest BCUT2D eigenvalue weighted by atomic mass is 9.88. The van der Waals surface area contributed by atoms with Crippen LogP contribution < -0.4 is 4.74 Å². The third kappa shape index (κ3) is 3.57. The van der Waals surface area contributed by atoms with Gasteiger partial charge in [0.05, 0.1) is 0 Å². The molecule has 0 aliphatic carbocycles. The fraction of sp³-hybridized carbons (Fsp3) is 0.312. The summed E-state index contributed by atoms with van der Waals surface area (Å²) in [6.45, 7) is 8.54. The van der Waals surface area contributed by atoms with Crippen molar-refractivity contribution in [3.63, 3.8) is 0 Å². The van der Waals surface area contributed by atoms with E-state index in [1.165, 1.54) is 5.56 Å². The first-order chi connectivity index (χ1) is 8.86. The number of benzene rings is 1. The van der Waals surface area contributed by atoms with Crippen LogP contribution in [0.2, 0.25) is 0 Å². The SMILES string of the molecule is Cc1cc(Oc2ccc(C(C)(C)C)cn2)ccc1Br. The topological polar surface area (TPSA) is 22.1 Å². The van der Waals surface area contributed by atoms with E-state index >= 15 is 0 Å². The molecule has 1 aromatic carbocycles. The number of aromatic nitrogens is 1. The van der Waals surface area contributed by atoms with Crippen molar-refractivity contribution in [2.45, 2.75) is 33.1 Å². The molecule has 0 saturated heterocycles. The van der Waals surface area contributed by atoms with Gasteiger partial charge < -0.3 is 4.74 Å². The summed E-state index contributed by atoms with van der Waals surface area (Å²) < 4.78 is 6.83. The third-order valence-corrected chi connectivity index (χ3v) is 3.84. The van der Waals surface area contributed by atoms with Gasteiger partial charge in [-0.15, -0.1) is 0 Å². The molecule has 2 nitrogen and oxygen atoms in total. The minimum absolute atomic E-state index is 0.111. The molecule has 0 aliphatic heterocycles. The predicted molar refractivity (Wildman–Crippen MR) is 81.9 cm³/mol. The fourth-order valence-corrected chi connectivity index (χ4v) is 1.93. The molecule has 0 unspecified atom stereocenters. The molecule has 0 atom stereocenters. The molecule has 0 bridgehead atoms. The highest BCUT2D eigenvalue weighted by Crippen LogP contribution is 2.27. The van der Waals surface area contributed by atoms with Gasteiger partial charge in [-0.3, -0.25) is 0 Å². The van der Waals surface area contributed by atoms with E-state index in [1.807, 2.05) is 37.4 Å². The van der Waals surface area contributed by atoms with Gasteiger partial charge in [0.25, 0.3) is 0 Å². The standard InChI is InChI=1S/C16H18BrNO/c1-11-9-13(6-7-14(11)17)19-15-8-5-12(10-18-15)16(2,3)4/h5-10H,1-4H3. The largest absolute Gasteiger partial charge is 0.439 e. The molecule has 0 saturated carbocycles. The molecule has 100 valence electrons. The fourth-order valence-electron chi connectivity index (χ4n) is 1.69. The van der Waals surface area contributed by atoms with Crippen molar-refractivity contribution in [2.75, 3.05) is 0 Å². The minimum Gasteiger partial charge on any atom is -0.439 e. The minimum atomic E-state index is 0.111. The summed E-state index contributed by atoms with van der Waals surface area (Å²) in [5.41, 5.74) is 2.45. The van der Waals surface area contributed by atoms with Gasteiger partial charge in [0, 0.05) is 16.7 Å². The average molecular weight is 320 g/mol. The number of hydrogen-bond acceptors (Lipinski definition) is 2. The van der Waals surface area contributed by atoms with Gasteiger partial charge in [0.15, 0.2) is 0 Å². The highest BCUT2D eigenvalue weighted by atomic mass is 79.9. The Morgan fingerprint density at radius 2 is 1.84 bits per heavy atom. The zero-order valence-electron chi connectivity index (χ0n) is 11.7. The molecule has 0 radical (unpaired) electrons. The summed E-state index contributed by atoms with van der Waals surface area (Å²) in [5, 5.41) is 0. The monoisotopic (exact) mass is 319 g/mol. The Morgan fingerprint density at radius 3 is 2.37 bits per heavy atom. The number of aryl methyl sites for hydroxylation is 1. The van der Waals surface area contributed by atoms with Crippen LogP contribution in [-0.2, 0) is 5.41 Å². The lowest BCUT2D eigenvalue weighted by Crippen LogP contribution is -2.11. The first-order valence-electron chi connectivity index (χ1n) is 6.27. The molecule has 2 rings (SSSR count). The lowest BCUT2D eigenvalue weighted by Gasteiger charge is -2.18. The van der Waals surface area contributed by atoms with Crippen LogP contribution in [0.25, 0.3) is 0 Å². The quantitative estimate of drug-likeness (QED) is 0.754. The molecular weight excluding hydrogens is 302 g/mol. The van der Waals surface area contributed by atoms with Gasteiger partial charge in [0.1, 0.15) is 5.75 Å². The van der Waals surface area contributed by atoms with Crippen LogP contribution in [0.3, 0.4) is 0 Å². The summed E-state index contributed by atoms with van der Waals surface area (Å²) in [4.78, 5) is 4.36. The molecule has 3 heteroatoms. The normalized spacial score (nSPS) is 11.4. The average Bonchev–Trinajstić information content (AvgIpc) is 2.33. The summed E-state index contributed by atoms with van der Waals surface area (Å²) in [7, 11) is 0. The molecular formula is C16H18BrNO. The predicted octanol–water partition coefficient (Wildman–Crippen LogP) is 5.24. The maximum absolute atomic E-state index is 5.75. The number of hydrogen-bond donors (Lipinski definition) is 0. The van der Waals surface area contributed by atoms with E-state index in [9.17, 15) is 0 Å². The number of ether oxygens (including phenoxy) is 1. The van der Waals surface area contributed by atoms with Gasteiger partial charge in [-0.05, 0) is 41.7 Å². The van der Waals surface area contributed by atoms with Crippen molar-refractivity contribution in [2.24, 2.45) is 0 Å². The number of pyridine rings is 1. The van der Waals surface area contributed by atoms with Gasteiger partial charge in [-0.2, -0.15) is 0 Å². The summed E-state index contributed by atoms with van der Waals surface area (Å²) >= 11 is 3.47. The summed E-state index contributed by atoms with van der Waals surface area (Å²) in [6, 6.07) is 9.88. The van der Waals surface area contributed by atoms with Gasteiger partial charge in [0.2, 0.25) is 5.88 Å². The van der Waals surface area contributed by atoms with E-state index in [-0.39, 0.29) is 5.41 Å². The Labute approximate surface area is 123 Å². The van der Waals surface area contributed by atoms with Crippen LogP contribution in [0, 0.1) is 6.92 Å². The Balaban J connectivity index is 2.17. The van der Waals surface area contributed by atoms with Crippen LogP contribution in [0.4, 0.5) is 0 Å². The molecule has 0 amide bonds. The molecule has 0 fully saturated rings. The van der Waals surface area contributed by atoms with Crippen molar-refractivity contribution in [3.05, 3.63) is 52.1 Å². The van der Waals surface area contributed by atoms with E-state index in [1.54, 1.807) is 0 Å². The first-order valence-corrected chi connectivity index (χ1v) is 7.06. The van der Waals surface area contributed by atoms with E-state index in [0.29, 0.717) is 5.88 Å². The second kappa shape index (κ2) is 5.33. The van der Waals surface area contributed by atoms with Crippen LogP contribution in [-0.4, -0.2) is 4.98 Å². The maximum atomic E-state index is 5.75. The van der Waals surface area contributed by atoms with Crippen molar-refractivity contribution in [1.82, 2.24) is 4.98 Å². The second-order valence-corrected chi connectivity index (χ2v) is 6.50. The van der Waals surface area contributed by atoms with E-state index < -0.39 is 0 Å². The molecule has 1 aromatic heterocycles. The molecule has 1 heterocycles.